The molecule has 0 aromatic heterocycles. The first-order chi connectivity index (χ1) is 6.70. The lowest BCUT2D eigenvalue weighted by Gasteiger charge is -2.09. The highest BCUT2D eigenvalue weighted by Gasteiger charge is 2.06. The van der Waals surface area contributed by atoms with E-state index >= 15 is 0 Å². The van der Waals surface area contributed by atoms with Crippen molar-refractivity contribution in [3.8, 4) is 0 Å². The van der Waals surface area contributed by atoms with Crippen molar-refractivity contribution in [2.75, 3.05) is 0 Å². The van der Waals surface area contributed by atoms with Gasteiger partial charge >= 0.3 is 0 Å². The van der Waals surface area contributed by atoms with Gasteiger partial charge in [-0.1, -0.05) is 39.5 Å². The molecule has 2 heteroatoms. The lowest BCUT2D eigenvalue weighted by molar-refractivity contribution is -0.118. The molecule has 0 N–H and O–H groups in total. The molecule has 1 atom stereocenters. The highest BCUT2D eigenvalue weighted by atomic mass is 16.1. The molecular weight excluding hydrogens is 176 g/mol. The lowest BCUT2D eigenvalue weighted by Crippen LogP contribution is -2.02. The fourth-order valence-corrected chi connectivity index (χ4v) is 1.46. The number of hydrogen-bond donors (Lipinski definition) is 0. The molecule has 1 unspecified atom stereocenters. The number of Topliss-reactive ketones (excluding diaryl/α,β-unsaturated/α-hetero) is 1. The summed E-state index contributed by atoms with van der Waals surface area (Å²) in [4.78, 5) is 20.9. The molecule has 0 saturated carbocycles. The first-order valence-electron chi connectivity index (χ1n) is 5.57. The molecule has 0 heterocycles. The maximum Gasteiger partial charge on any atom is 0.206 e. The molecule has 0 aromatic rings. The Balaban J connectivity index is 3.38. The number of ketones is 1. The van der Waals surface area contributed by atoms with E-state index in [9.17, 15) is 9.59 Å². The van der Waals surface area contributed by atoms with Crippen molar-refractivity contribution in [2.45, 2.75) is 58.8 Å². The summed E-state index contributed by atoms with van der Waals surface area (Å²) in [5.41, 5.74) is 0. The molecular formula is C12H21O2. The zero-order chi connectivity index (χ0) is 10.8. The van der Waals surface area contributed by atoms with Crippen LogP contribution in [0.15, 0.2) is 0 Å². The van der Waals surface area contributed by atoms with Gasteiger partial charge in [0.05, 0.1) is 6.42 Å². The van der Waals surface area contributed by atoms with E-state index in [0.29, 0.717) is 12.3 Å². The number of rotatable bonds is 9. The topological polar surface area (TPSA) is 34.1 Å². The van der Waals surface area contributed by atoms with E-state index in [-0.39, 0.29) is 12.2 Å². The maximum absolute atomic E-state index is 11.0. The second-order valence-corrected chi connectivity index (χ2v) is 4.00. The average Bonchev–Trinajstić information content (AvgIpc) is 2.16. The summed E-state index contributed by atoms with van der Waals surface area (Å²) in [5, 5.41) is 0. The third-order valence-corrected chi connectivity index (χ3v) is 2.49. The van der Waals surface area contributed by atoms with Gasteiger partial charge in [0.1, 0.15) is 5.78 Å². The standard InChI is InChI=1S/C12H21O2/c1-3-4-5-6-11(2)7-8-12(14)9-10-13/h11H,3-9H2,1-2H3. The summed E-state index contributed by atoms with van der Waals surface area (Å²) in [7, 11) is 0. The van der Waals surface area contributed by atoms with E-state index in [2.05, 4.69) is 13.8 Å². The second kappa shape index (κ2) is 8.92. The van der Waals surface area contributed by atoms with Crippen molar-refractivity contribution in [3.05, 3.63) is 0 Å². The molecule has 14 heavy (non-hydrogen) atoms. The van der Waals surface area contributed by atoms with Gasteiger partial charge in [0.25, 0.3) is 0 Å². The molecule has 0 rings (SSSR count). The molecule has 0 amide bonds. The predicted molar refractivity (Wildman–Crippen MR) is 57.9 cm³/mol. The first kappa shape index (κ1) is 13.3. The average molecular weight is 197 g/mol. The Morgan fingerprint density at radius 1 is 1.29 bits per heavy atom. The Kier molecular flexibility index (Phi) is 8.50. The summed E-state index contributed by atoms with van der Waals surface area (Å²) >= 11 is 0. The van der Waals surface area contributed by atoms with Crippen molar-refractivity contribution < 1.29 is 9.59 Å². The van der Waals surface area contributed by atoms with Crippen molar-refractivity contribution in [3.63, 3.8) is 0 Å². The van der Waals surface area contributed by atoms with Crippen LogP contribution in [0.4, 0.5) is 0 Å². The van der Waals surface area contributed by atoms with Crippen LogP contribution in [0.3, 0.4) is 0 Å². The van der Waals surface area contributed by atoms with Crippen LogP contribution in [0.2, 0.25) is 0 Å². The summed E-state index contributed by atoms with van der Waals surface area (Å²) < 4.78 is 0. The van der Waals surface area contributed by atoms with Gasteiger partial charge in [-0.2, -0.15) is 0 Å². The Morgan fingerprint density at radius 3 is 2.57 bits per heavy atom. The van der Waals surface area contributed by atoms with Crippen molar-refractivity contribution in [1.82, 2.24) is 0 Å². The molecule has 0 aliphatic carbocycles. The third-order valence-electron chi connectivity index (χ3n) is 2.49. The minimum atomic E-state index is -0.0261. The first-order valence-corrected chi connectivity index (χ1v) is 5.57. The number of hydrogen-bond acceptors (Lipinski definition) is 2. The Morgan fingerprint density at radius 2 is 2.00 bits per heavy atom. The summed E-state index contributed by atoms with van der Waals surface area (Å²) in [6, 6.07) is 0. The van der Waals surface area contributed by atoms with E-state index in [1.165, 1.54) is 25.7 Å². The van der Waals surface area contributed by atoms with E-state index < -0.39 is 0 Å². The Hall–Kier alpha value is -0.660. The maximum atomic E-state index is 11.0. The highest BCUT2D eigenvalue weighted by Crippen LogP contribution is 2.15. The SMILES string of the molecule is CCCCCC(C)CCC(=O)C[C]=O. The second-order valence-electron chi connectivity index (χ2n) is 4.00. The molecule has 0 bridgehead atoms. The van der Waals surface area contributed by atoms with Gasteiger partial charge in [-0.25, -0.2) is 0 Å². The summed E-state index contributed by atoms with van der Waals surface area (Å²) in [6.45, 7) is 4.36. The molecule has 0 fully saturated rings. The lowest BCUT2D eigenvalue weighted by atomic mass is 9.97. The van der Waals surface area contributed by atoms with Gasteiger partial charge in [0.2, 0.25) is 6.29 Å². The van der Waals surface area contributed by atoms with Gasteiger partial charge in [-0.15, -0.1) is 0 Å². The van der Waals surface area contributed by atoms with Crippen LogP contribution in [-0.2, 0) is 9.59 Å². The largest absolute Gasteiger partial charge is 0.299 e. The molecule has 0 aromatic carbocycles. The van der Waals surface area contributed by atoms with Crippen LogP contribution in [0.5, 0.6) is 0 Å². The molecule has 2 nitrogen and oxygen atoms in total. The zero-order valence-electron chi connectivity index (χ0n) is 9.34. The van der Waals surface area contributed by atoms with E-state index in [4.69, 9.17) is 0 Å². The molecule has 1 radical (unpaired) electrons. The smallest absolute Gasteiger partial charge is 0.206 e. The minimum Gasteiger partial charge on any atom is -0.299 e. The monoisotopic (exact) mass is 197 g/mol. The third kappa shape index (κ3) is 7.96. The van der Waals surface area contributed by atoms with E-state index in [0.717, 1.165) is 6.42 Å². The quantitative estimate of drug-likeness (QED) is 0.420. The zero-order valence-corrected chi connectivity index (χ0v) is 9.34. The normalized spacial score (nSPS) is 12.4. The number of carbonyl (C=O) groups excluding carboxylic acids is 2. The molecule has 0 aliphatic heterocycles. The molecule has 0 saturated heterocycles. The van der Waals surface area contributed by atoms with Crippen LogP contribution in [-0.4, -0.2) is 12.1 Å². The van der Waals surface area contributed by atoms with Crippen LogP contribution >= 0.6 is 0 Å². The number of carbonyl (C=O) groups is 1. The van der Waals surface area contributed by atoms with Crippen LogP contribution in [0, 0.1) is 5.92 Å². The minimum absolute atomic E-state index is 0.0261. The molecule has 0 aliphatic rings. The Bertz CT molecular complexity index is 164. The van der Waals surface area contributed by atoms with Crippen LogP contribution in [0.25, 0.3) is 0 Å². The highest BCUT2D eigenvalue weighted by molar-refractivity contribution is 5.89. The molecule has 81 valence electrons. The van der Waals surface area contributed by atoms with Crippen molar-refractivity contribution in [1.29, 1.82) is 0 Å². The van der Waals surface area contributed by atoms with Gasteiger partial charge in [0, 0.05) is 6.42 Å². The van der Waals surface area contributed by atoms with Gasteiger partial charge < -0.3 is 0 Å². The fourth-order valence-electron chi connectivity index (χ4n) is 1.46. The van der Waals surface area contributed by atoms with Gasteiger partial charge in [-0.05, 0) is 12.3 Å². The predicted octanol–water partition coefficient (Wildman–Crippen LogP) is 3.05. The summed E-state index contributed by atoms with van der Waals surface area (Å²) in [5.74, 6) is 0.638. The van der Waals surface area contributed by atoms with Crippen LogP contribution < -0.4 is 0 Å². The van der Waals surface area contributed by atoms with Crippen LogP contribution in [0.1, 0.15) is 58.8 Å². The van der Waals surface area contributed by atoms with E-state index in [1.807, 2.05) is 0 Å². The van der Waals surface area contributed by atoms with Crippen molar-refractivity contribution >= 4 is 12.1 Å². The fraction of sp³-hybridized carbons (Fsp3) is 0.833. The van der Waals surface area contributed by atoms with Gasteiger partial charge in [-0.3, -0.25) is 9.59 Å². The van der Waals surface area contributed by atoms with Gasteiger partial charge in [0.15, 0.2) is 0 Å². The Labute approximate surface area is 87.1 Å². The van der Waals surface area contributed by atoms with Crippen molar-refractivity contribution in [2.24, 2.45) is 5.92 Å². The number of unbranched alkanes of at least 4 members (excludes halogenated alkanes) is 2. The van der Waals surface area contributed by atoms with E-state index in [1.54, 1.807) is 6.29 Å². The molecule has 0 spiro atoms. The summed E-state index contributed by atoms with van der Waals surface area (Å²) in [6.07, 6.45) is 8.06.